The first-order valence-electron chi connectivity index (χ1n) is 5.98. The lowest BCUT2D eigenvalue weighted by Gasteiger charge is -2.18. The van der Waals surface area contributed by atoms with Gasteiger partial charge in [-0.15, -0.1) is 11.3 Å². The maximum Gasteiger partial charge on any atom is 0.179 e. The normalized spacial score (nSPS) is 33.4. The van der Waals surface area contributed by atoms with Crippen LogP contribution < -0.4 is 11.5 Å². The van der Waals surface area contributed by atoms with Crippen molar-refractivity contribution >= 4 is 27.4 Å². The number of ether oxygens (including phenoxy) is 1. The summed E-state index contributed by atoms with van der Waals surface area (Å²) >= 11 is 1.39. The minimum atomic E-state index is -1.32. The van der Waals surface area contributed by atoms with Gasteiger partial charge >= 0.3 is 0 Å². The van der Waals surface area contributed by atoms with Gasteiger partial charge in [-0.3, -0.25) is 0 Å². The van der Waals surface area contributed by atoms with Gasteiger partial charge in [0.1, 0.15) is 30.4 Å². The maximum absolute atomic E-state index is 10.1. The van der Waals surface area contributed by atoms with Crippen LogP contribution in [0.1, 0.15) is 18.6 Å². The smallest absolute Gasteiger partial charge is 0.179 e. The Bertz CT molecular complexity index is 711. The van der Waals surface area contributed by atoms with E-state index in [2.05, 4.69) is 9.97 Å². The summed E-state index contributed by atoms with van der Waals surface area (Å²) in [5, 5.41) is 21.1. The molecule has 4 atom stereocenters. The molecule has 0 amide bonds. The summed E-state index contributed by atoms with van der Waals surface area (Å²) in [4.78, 5) is 8.13. The molecule has 1 aliphatic heterocycles. The Morgan fingerprint density at radius 1 is 1.55 bits per heavy atom. The molecule has 104 valence electrons. The lowest BCUT2D eigenvalue weighted by molar-refractivity contribution is -0.0298. The van der Waals surface area contributed by atoms with Crippen LogP contribution in [0, 0.1) is 11.3 Å². The third-order valence-electron chi connectivity index (χ3n) is 3.59. The topological polar surface area (TPSA) is 131 Å². The molecule has 7 nitrogen and oxygen atoms in total. The van der Waals surface area contributed by atoms with Crippen LogP contribution in [-0.4, -0.2) is 32.8 Å². The predicted octanol–water partition coefficient (Wildman–Crippen LogP) is 0.315. The minimum absolute atomic E-state index is 0.390. The van der Waals surface area contributed by atoms with E-state index in [4.69, 9.17) is 21.5 Å². The summed E-state index contributed by atoms with van der Waals surface area (Å²) in [6.45, 7) is 1.52. The Balaban J connectivity index is 2.09. The monoisotopic (exact) mass is 291 g/mol. The average molecular weight is 291 g/mol. The largest absolute Gasteiger partial charge is 0.387 e. The SMILES string of the molecule is C[C@@]1(C#N)O[C@@H](c2csc3c(N)ncnc23)[C@H](N)[C@@H]1O. The number of nitrogens with two attached hydrogens (primary N) is 2. The number of aliphatic hydroxyl groups is 1. The van der Waals surface area contributed by atoms with E-state index < -0.39 is 23.9 Å². The van der Waals surface area contributed by atoms with Crippen LogP contribution in [0.15, 0.2) is 11.7 Å². The Morgan fingerprint density at radius 3 is 2.95 bits per heavy atom. The summed E-state index contributed by atoms with van der Waals surface area (Å²) in [6.07, 6.45) is -0.293. The summed E-state index contributed by atoms with van der Waals surface area (Å²) in [6, 6.07) is 1.27. The predicted molar refractivity (Wildman–Crippen MR) is 73.7 cm³/mol. The lowest BCUT2D eigenvalue weighted by atomic mass is 9.95. The second-order valence-corrected chi connectivity index (χ2v) is 5.79. The molecule has 1 aliphatic rings. The van der Waals surface area contributed by atoms with Gasteiger partial charge in [-0.05, 0) is 12.3 Å². The zero-order valence-electron chi connectivity index (χ0n) is 10.6. The highest BCUT2D eigenvalue weighted by atomic mass is 32.1. The van der Waals surface area contributed by atoms with E-state index in [-0.39, 0.29) is 0 Å². The minimum Gasteiger partial charge on any atom is -0.387 e. The molecule has 0 saturated carbocycles. The Kier molecular flexibility index (Phi) is 2.88. The van der Waals surface area contributed by atoms with Crippen molar-refractivity contribution in [2.45, 2.75) is 30.8 Å². The molecule has 0 bridgehead atoms. The highest BCUT2D eigenvalue weighted by Crippen LogP contribution is 2.42. The zero-order chi connectivity index (χ0) is 14.5. The average Bonchev–Trinajstić information content (AvgIpc) is 2.96. The fraction of sp³-hybridized carbons (Fsp3) is 0.417. The molecule has 0 aromatic carbocycles. The van der Waals surface area contributed by atoms with Gasteiger partial charge in [-0.2, -0.15) is 5.26 Å². The first-order valence-corrected chi connectivity index (χ1v) is 6.86. The molecule has 1 fully saturated rings. The van der Waals surface area contributed by atoms with E-state index in [0.29, 0.717) is 11.3 Å². The molecule has 0 aliphatic carbocycles. The van der Waals surface area contributed by atoms with Crippen molar-refractivity contribution in [1.82, 2.24) is 9.97 Å². The number of fused-ring (bicyclic) bond motifs is 1. The molecular weight excluding hydrogens is 278 g/mol. The van der Waals surface area contributed by atoms with Crippen LogP contribution in [0.2, 0.25) is 0 Å². The van der Waals surface area contributed by atoms with Gasteiger partial charge in [0.25, 0.3) is 0 Å². The van der Waals surface area contributed by atoms with Crippen LogP contribution in [0.3, 0.4) is 0 Å². The van der Waals surface area contributed by atoms with Crippen molar-refractivity contribution in [2.24, 2.45) is 5.73 Å². The van der Waals surface area contributed by atoms with Gasteiger partial charge in [0.05, 0.1) is 16.3 Å². The number of aliphatic hydroxyl groups excluding tert-OH is 1. The van der Waals surface area contributed by atoms with E-state index in [1.54, 1.807) is 0 Å². The molecule has 0 radical (unpaired) electrons. The van der Waals surface area contributed by atoms with Crippen LogP contribution >= 0.6 is 11.3 Å². The first kappa shape index (κ1) is 13.2. The number of nitriles is 1. The first-order chi connectivity index (χ1) is 9.48. The summed E-state index contributed by atoms with van der Waals surface area (Å²) < 4.78 is 6.43. The lowest BCUT2D eigenvalue weighted by Crippen LogP contribution is -2.43. The molecule has 3 rings (SSSR count). The third kappa shape index (κ3) is 1.68. The molecule has 1 saturated heterocycles. The summed E-state index contributed by atoms with van der Waals surface area (Å²) in [5.41, 5.74) is 11.8. The number of rotatable bonds is 1. The number of nitrogen functional groups attached to an aromatic ring is 1. The van der Waals surface area contributed by atoms with Crippen molar-refractivity contribution in [3.8, 4) is 6.07 Å². The number of anilines is 1. The second kappa shape index (κ2) is 4.36. The van der Waals surface area contributed by atoms with E-state index in [1.807, 2.05) is 11.4 Å². The van der Waals surface area contributed by atoms with Gasteiger partial charge in [-0.1, -0.05) is 0 Å². The molecule has 0 spiro atoms. The summed E-state index contributed by atoms with van der Waals surface area (Å²) in [5.74, 6) is 0.390. The van der Waals surface area contributed by atoms with E-state index in [0.717, 1.165) is 10.3 Å². The molecule has 2 aromatic heterocycles. The van der Waals surface area contributed by atoms with Gasteiger partial charge in [0.2, 0.25) is 0 Å². The Labute approximate surface area is 118 Å². The Morgan fingerprint density at radius 2 is 2.30 bits per heavy atom. The van der Waals surface area contributed by atoms with Gasteiger partial charge in [0, 0.05) is 5.56 Å². The van der Waals surface area contributed by atoms with E-state index in [1.165, 1.54) is 24.6 Å². The highest BCUT2D eigenvalue weighted by Gasteiger charge is 2.51. The van der Waals surface area contributed by atoms with Crippen molar-refractivity contribution in [3.63, 3.8) is 0 Å². The summed E-state index contributed by atoms with van der Waals surface area (Å²) in [7, 11) is 0. The molecule has 20 heavy (non-hydrogen) atoms. The van der Waals surface area contributed by atoms with Gasteiger partial charge in [0.15, 0.2) is 5.60 Å². The Hall–Kier alpha value is -1.79. The number of hydrogen-bond donors (Lipinski definition) is 3. The maximum atomic E-state index is 10.1. The number of thiophene rings is 1. The van der Waals surface area contributed by atoms with Gasteiger partial charge < -0.3 is 21.3 Å². The molecule has 0 unspecified atom stereocenters. The molecule has 8 heteroatoms. The number of aromatic nitrogens is 2. The van der Waals surface area contributed by atoms with Crippen molar-refractivity contribution in [1.29, 1.82) is 5.26 Å². The zero-order valence-corrected chi connectivity index (χ0v) is 11.5. The molecular formula is C12H13N5O2S. The molecule has 3 heterocycles. The van der Waals surface area contributed by atoms with Crippen molar-refractivity contribution in [2.75, 3.05) is 5.73 Å². The van der Waals surface area contributed by atoms with Crippen molar-refractivity contribution in [3.05, 3.63) is 17.3 Å². The number of nitrogens with zero attached hydrogens (tertiary/aromatic N) is 3. The van der Waals surface area contributed by atoms with Crippen LogP contribution in [-0.2, 0) is 4.74 Å². The van der Waals surface area contributed by atoms with Gasteiger partial charge in [-0.25, -0.2) is 9.97 Å². The fourth-order valence-electron chi connectivity index (χ4n) is 2.40. The molecule has 2 aromatic rings. The van der Waals surface area contributed by atoms with E-state index >= 15 is 0 Å². The second-order valence-electron chi connectivity index (χ2n) is 4.91. The highest BCUT2D eigenvalue weighted by molar-refractivity contribution is 7.17. The third-order valence-corrected chi connectivity index (χ3v) is 4.60. The fourth-order valence-corrected chi connectivity index (χ4v) is 3.34. The standard InChI is InChI=1S/C12H13N5O2S/c1-12(3-13)10(18)6(14)8(19-12)5-2-20-9-7(5)16-4-17-11(9)15/h2,4,6,8,10,18H,14H2,1H3,(H2,15,16,17)/t6-,8-,10-,12-/m0/s1. The quantitative estimate of drug-likeness (QED) is 0.689. The van der Waals surface area contributed by atoms with Crippen LogP contribution in [0.5, 0.6) is 0 Å². The molecule has 5 N–H and O–H groups in total. The van der Waals surface area contributed by atoms with Crippen molar-refractivity contribution < 1.29 is 9.84 Å². The van der Waals surface area contributed by atoms with Crippen LogP contribution in [0.4, 0.5) is 5.82 Å². The van der Waals surface area contributed by atoms with E-state index in [9.17, 15) is 5.11 Å². The van der Waals surface area contributed by atoms with Crippen LogP contribution in [0.25, 0.3) is 10.2 Å². The number of hydrogen-bond acceptors (Lipinski definition) is 8.